The van der Waals surface area contributed by atoms with Crippen molar-refractivity contribution in [3.05, 3.63) is 27.7 Å². The smallest absolute Gasteiger partial charge is 0.0476 e. The van der Waals surface area contributed by atoms with Crippen LogP contribution in [0.4, 0.5) is 5.69 Å². The van der Waals surface area contributed by atoms with Crippen molar-refractivity contribution in [3.63, 3.8) is 0 Å². The van der Waals surface area contributed by atoms with Gasteiger partial charge in [0, 0.05) is 28.2 Å². The Morgan fingerprint density at radius 2 is 2.17 bits per heavy atom. The second kappa shape index (κ2) is 2.82. The third-order valence-corrected chi connectivity index (χ3v) is 2.72. The molecule has 0 fully saturated rings. The summed E-state index contributed by atoms with van der Waals surface area (Å²) in [6, 6.07) is 3.72. The molecule has 1 aliphatic heterocycles. The van der Waals surface area contributed by atoms with E-state index in [0.717, 1.165) is 17.3 Å². The van der Waals surface area contributed by atoms with Crippen molar-refractivity contribution in [1.82, 2.24) is 0 Å². The van der Waals surface area contributed by atoms with Gasteiger partial charge in [-0.05, 0) is 17.7 Å². The molecule has 0 radical (unpaired) electrons. The summed E-state index contributed by atoms with van der Waals surface area (Å²) in [5.41, 5.74) is 2.28. The lowest BCUT2D eigenvalue weighted by Crippen LogP contribution is -1.96. The number of hydrogen-bond donors (Lipinski definition) is 1. The Labute approximate surface area is 81.7 Å². The topological polar surface area (TPSA) is 12.0 Å². The highest BCUT2D eigenvalue weighted by molar-refractivity contribution is 6.35. The summed E-state index contributed by atoms with van der Waals surface area (Å²) in [7, 11) is 0. The molecule has 0 saturated carbocycles. The van der Waals surface area contributed by atoms with Crippen LogP contribution in [0.25, 0.3) is 0 Å². The predicted octanol–water partition coefficient (Wildman–Crippen LogP) is 3.52. The minimum atomic E-state index is 0.491. The van der Waals surface area contributed by atoms with Crippen LogP contribution in [0.1, 0.15) is 18.4 Å². The maximum atomic E-state index is 6.05. The molecule has 64 valence electrons. The van der Waals surface area contributed by atoms with Gasteiger partial charge in [-0.3, -0.25) is 0 Å². The highest BCUT2D eigenvalue weighted by Gasteiger charge is 2.21. The second-order valence-corrected chi connectivity index (χ2v) is 3.97. The van der Waals surface area contributed by atoms with Crippen LogP contribution in [0.3, 0.4) is 0 Å². The van der Waals surface area contributed by atoms with E-state index in [4.69, 9.17) is 23.2 Å². The number of anilines is 1. The molecule has 1 aliphatic rings. The second-order valence-electron chi connectivity index (χ2n) is 3.13. The summed E-state index contributed by atoms with van der Waals surface area (Å²) in [4.78, 5) is 0. The Kier molecular flexibility index (Phi) is 1.93. The van der Waals surface area contributed by atoms with Crippen LogP contribution in [-0.2, 0) is 0 Å². The number of hydrogen-bond acceptors (Lipinski definition) is 1. The van der Waals surface area contributed by atoms with Gasteiger partial charge in [-0.2, -0.15) is 0 Å². The number of rotatable bonds is 0. The van der Waals surface area contributed by atoms with E-state index in [1.54, 1.807) is 6.07 Å². The molecule has 1 aromatic carbocycles. The van der Waals surface area contributed by atoms with Gasteiger partial charge >= 0.3 is 0 Å². The van der Waals surface area contributed by atoms with Crippen molar-refractivity contribution in [2.45, 2.75) is 12.8 Å². The average Bonchev–Trinajstić information content (AvgIpc) is 2.31. The largest absolute Gasteiger partial charge is 0.384 e. The molecule has 1 unspecified atom stereocenters. The SMILES string of the molecule is CC1CNc2cc(Cl)cc(Cl)c21. The van der Waals surface area contributed by atoms with Crippen molar-refractivity contribution in [2.75, 3.05) is 11.9 Å². The van der Waals surface area contributed by atoms with Gasteiger partial charge in [-0.25, -0.2) is 0 Å². The van der Waals surface area contributed by atoms with Crippen molar-refractivity contribution in [1.29, 1.82) is 0 Å². The monoisotopic (exact) mass is 201 g/mol. The fourth-order valence-electron chi connectivity index (χ4n) is 1.60. The van der Waals surface area contributed by atoms with Crippen molar-refractivity contribution in [3.8, 4) is 0 Å². The van der Waals surface area contributed by atoms with E-state index in [0.29, 0.717) is 10.9 Å². The fourth-order valence-corrected chi connectivity index (χ4v) is 2.28. The zero-order chi connectivity index (χ0) is 8.72. The quantitative estimate of drug-likeness (QED) is 0.678. The molecule has 1 atom stereocenters. The lowest BCUT2D eigenvalue weighted by molar-refractivity contribution is 0.854. The predicted molar refractivity (Wildman–Crippen MR) is 53.4 cm³/mol. The lowest BCUT2D eigenvalue weighted by Gasteiger charge is -2.05. The Balaban J connectivity index is 2.60. The molecule has 0 aromatic heterocycles. The first-order valence-corrected chi connectivity index (χ1v) is 4.67. The minimum absolute atomic E-state index is 0.491. The van der Waals surface area contributed by atoms with Gasteiger partial charge in [0.05, 0.1) is 0 Å². The molecule has 1 N–H and O–H groups in total. The summed E-state index contributed by atoms with van der Waals surface area (Å²) in [5, 5.41) is 4.73. The summed E-state index contributed by atoms with van der Waals surface area (Å²) >= 11 is 11.9. The van der Waals surface area contributed by atoms with Crippen molar-refractivity contribution < 1.29 is 0 Å². The summed E-state index contributed by atoms with van der Waals surface area (Å²) in [6.07, 6.45) is 0. The Morgan fingerprint density at radius 3 is 2.92 bits per heavy atom. The van der Waals surface area contributed by atoms with Crippen LogP contribution >= 0.6 is 23.2 Å². The normalized spacial score (nSPS) is 20.4. The highest BCUT2D eigenvalue weighted by Crippen LogP contribution is 2.38. The zero-order valence-electron chi connectivity index (χ0n) is 6.70. The Morgan fingerprint density at radius 1 is 1.42 bits per heavy atom. The van der Waals surface area contributed by atoms with E-state index in [9.17, 15) is 0 Å². The van der Waals surface area contributed by atoms with E-state index in [2.05, 4.69) is 12.2 Å². The summed E-state index contributed by atoms with van der Waals surface area (Å²) < 4.78 is 0. The van der Waals surface area contributed by atoms with E-state index in [1.807, 2.05) is 6.07 Å². The Bertz CT molecular complexity index is 323. The van der Waals surface area contributed by atoms with Crippen LogP contribution < -0.4 is 5.32 Å². The number of nitrogens with one attached hydrogen (secondary N) is 1. The van der Waals surface area contributed by atoms with E-state index in [1.165, 1.54) is 5.56 Å². The molecule has 12 heavy (non-hydrogen) atoms. The van der Waals surface area contributed by atoms with Crippen LogP contribution in [0.15, 0.2) is 12.1 Å². The molecule has 0 amide bonds. The minimum Gasteiger partial charge on any atom is -0.384 e. The molecule has 1 aromatic rings. The van der Waals surface area contributed by atoms with E-state index in [-0.39, 0.29) is 0 Å². The maximum Gasteiger partial charge on any atom is 0.0476 e. The first kappa shape index (κ1) is 8.21. The van der Waals surface area contributed by atoms with Gasteiger partial charge in [-0.15, -0.1) is 0 Å². The maximum absolute atomic E-state index is 6.05. The number of halogens is 2. The molecule has 3 heteroatoms. The molecule has 0 saturated heterocycles. The third kappa shape index (κ3) is 1.17. The zero-order valence-corrected chi connectivity index (χ0v) is 8.21. The summed E-state index contributed by atoms with van der Waals surface area (Å²) in [5.74, 6) is 0.491. The van der Waals surface area contributed by atoms with Crippen molar-refractivity contribution >= 4 is 28.9 Å². The van der Waals surface area contributed by atoms with Crippen LogP contribution in [0, 0.1) is 0 Å². The lowest BCUT2D eigenvalue weighted by atomic mass is 10.0. The molecule has 0 aliphatic carbocycles. The van der Waals surface area contributed by atoms with Gasteiger partial charge in [0.15, 0.2) is 0 Å². The standard InChI is InChI=1S/C9H9Cl2N/c1-5-4-12-8-3-6(10)2-7(11)9(5)8/h2-3,5,12H,4H2,1H3. The van der Waals surface area contributed by atoms with Gasteiger partial charge in [0.25, 0.3) is 0 Å². The molecular weight excluding hydrogens is 193 g/mol. The van der Waals surface area contributed by atoms with E-state index >= 15 is 0 Å². The average molecular weight is 202 g/mol. The first-order valence-electron chi connectivity index (χ1n) is 3.91. The molecular formula is C9H9Cl2N. The van der Waals surface area contributed by atoms with Gasteiger partial charge in [0.1, 0.15) is 0 Å². The van der Waals surface area contributed by atoms with Gasteiger partial charge in [0.2, 0.25) is 0 Å². The van der Waals surface area contributed by atoms with Crippen LogP contribution in [0.2, 0.25) is 10.0 Å². The first-order chi connectivity index (χ1) is 5.68. The number of fused-ring (bicyclic) bond motifs is 1. The highest BCUT2D eigenvalue weighted by atomic mass is 35.5. The molecule has 1 nitrogen and oxygen atoms in total. The fraction of sp³-hybridized carbons (Fsp3) is 0.333. The van der Waals surface area contributed by atoms with Crippen LogP contribution in [-0.4, -0.2) is 6.54 Å². The van der Waals surface area contributed by atoms with Gasteiger partial charge < -0.3 is 5.32 Å². The molecule has 0 bridgehead atoms. The number of benzene rings is 1. The molecule has 1 heterocycles. The molecule has 0 spiro atoms. The van der Waals surface area contributed by atoms with Gasteiger partial charge in [-0.1, -0.05) is 30.1 Å². The Hall–Kier alpha value is -0.400. The third-order valence-electron chi connectivity index (χ3n) is 2.19. The molecule has 2 rings (SSSR count). The van der Waals surface area contributed by atoms with Crippen molar-refractivity contribution in [2.24, 2.45) is 0 Å². The summed E-state index contributed by atoms with van der Waals surface area (Å²) in [6.45, 7) is 3.11. The van der Waals surface area contributed by atoms with Crippen LogP contribution in [0.5, 0.6) is 0 Å². The van der Waals surface area contributed by atoms with E-state index < -0.39 is 0 Å².